The number of H-pyrrole nitrogens is 1. The Balaban J connectivity index is 1.98. The minimum atomic E-state index is -0.225. The van der Waals surface area contributed by atoms with E-state index >= 15 is 0 Å². The van der Waals surface area contributed by atoms with E-state index in [1.54, 1.807) is 24.3 Å². The number of phenolic OH excluding ortho intramolecular Hbond substituents is 1. The molecule has 1 amide bonds. The number of aromatic hydroxyl groups is 1. The molecule has 1 aromatic heterocycles. The molecular formula is C11H11N3O2. The van der Waals surface area contributed by atoms with Crippen molar-refractivity contribution in [3.05, 3.63) is 47.8 Å². The minimum Gasteiger partial charge on any atom is -0.508 e. The summed E-state index contributed by atoms with van der Waals surface area (Å²) in [5.41, 5.74) is 1.15. The number of phenols is 1. The highest BCUT2D eigenvalue weighted by molar-refractivity contribution is 5.93. The van der Waals surface area contributed by atoms with Crippen molar-refractivity contribution < 1.29 is 9.90 Å². The highest BCUT2D eigenvalue weighted by Gasteiger charge is 2.06. The average Bonchev–Trinajstić information content (AvgIpc) is 2.81. The molecule has 0 aliphatic rings. The first kappa shape index (κ1) is 10.2. The molecule has 1 aromatic carbocycles. The van der Waals surface area contributed by atoms with Gasteiger partial charge in [-0.3, -0.25) is 9.89 Å². The first-order valence-corrected chi connectivity index (χ1v) is 4.81. The second-order valence-electron chi connectivity index (χ2n) is 3.30. The highest BCUT2D eigenvalue weighted by Crippen LogP contribution is 2.14. The fourth-order valence-electron chi connectivity index (χ4n) is 1.31. The highest BCUT2D eigenvalue weighted by atomic mass is 16.3. The Hall–Kier alpha value is -2.30. The standard InChI is InChI=1S/C11H11N3O2/c15-10-4-2-1-3-8(10)5-12-11(16)9-6-13-14-7-9/h1-4,6-7,15H,5H2,(H,12,16)(H,13,14). The number of hydrogen-bond donors (Lipinski definition) is 3. The van der Waals surface area contributed by atoms with Gasteiger partial charge in [-0.15, -0.1) is 0 Å². The van der Waals surface area contributed by atoms with Gasteiger partial charge in [0.2, 0.25) is 0 Å². The number of nitrogens with one attached hydrogen (secondary N) is 2. The Labute approximate surface area is 92.1 Å². The number of hydrogen-bond acceptors (Lipinski definition) is 3. The Morgan fingerprint density at radius 3 is 2.94 bits per heavy atom. The number of aromatic nitrogens is 2. The zero-order chi connectivity index (χ0) is 11.4. The van der Waals surface area contributed by atoms with Crippen LogP contribution in [0.5, 0.6) is 5.75 Å². The third kappa shape index (κ3) is 2.20. The predicted molar refractivity (Wildman–Crippen MR) is 57.9 cm³/mol. The van der Waals surface area contributed by atoms with Gasteiger partial charge in [-0.25, -0.2) is 0 Å². The van der Waals surface area contributed by atoms with Crippen molar-refractivity contribution in [1.82, 2.24) is 15.5 Å². The summed E-state index contributed by atoms with van der Waals surface area (Å²) >= 11 is 0. The van der Waals surface area contributed by atoms with Crippen LogP contribution in [0.2, 0.25) is 0 Å². The van der Waals surface area contributed by atoms with Gasteiger partial charge in [0.05, 0.1) is 11.8 Å². The number of aromatic amines is 1. The number of carbonyl (C=O) groups is 1. The van der Waals surface area contributed by atoms with Crippen LogP contribution in [-0.2, 0) is 6.54 Å². The molecule has 0 fully saturated rings. The van der Waals surface area contributed by atoms with E-state index in [-0.39, 0.29) is 18.2 Å². The number of para-hydroxylation sites is 1. The fraction of sp³-hybridized carbons (Fsp3) is 0.0909. The van der Waals surface area contributed by atoms with Gasteiger partial charge < -0.3 is 10.4 Å². The van der Waals surface area contributed by atoms with Gasteiger partial charge >= 0.3 is 0 Å². The SMILES string of the molecule is O=C(NCc1ccccc1O)c1cn[nH]c1. The normalized spacial score (nSPS) is 10.0. The maximum atomic E-state index is 11.5. The summed E-state index contributed by atoms with van der Waals surface area (Å²) in [4.78, 5) is 11.5. The summed E-state index contributed by atoms with van der Waals surface area (Å²) in [5, 5.41) is 18.4. The molecule has 0 saturated carbocycles. The molecule has 2 rings (SSSR count). The molecular weight excluding hydrogens is 206 g/mol. The van der Waals surface area contributed by atoms with Gasteiger partial charge in [0.25, 0.3) is 5.91 Å². The molecule has 0 aliphatic heterocycles. The molecule has 5 nitrogen and oxygen atoms in total. The van der Waals surface area contributed by atoms with Gasteiger partial charge in [0, 0.05) is 18.3 Å². The molecule has 0 bridgehead atoms. The smallest absolute Gasteiger partial charge is 0.254 e. The molecule has 5 heteroatoms. The third-order valence-electron chi connectivity index (χ3n) is 2.19. The van der Waals surface area contributed by atoms with Crippen LogP contribution in [0.3, 0.4) is 0 Å². The van der Waals surface area contributed by atoms with Crippen molar-refractivity contribution in [3.8, 4) is 5.75 Å². The van der Waals surface area contributed by atoms with Gasteiger partial charge in [0.1, 0.15) is 5.75 Å². The molecule has 0 atom stereocenters. The minimum absolute atomic E-state index is 0.176. The third-order valence-corrected chi connectivity index (χ3v) is 2.19. The van der Waals surface area contributed by atoms with Crippen LogP contribution < -0.4 is 5.32 Å². The first-order valence-electron chi connectivity index (χ1n) is 4.81. The molecule has 16 heavy (non-hydrogen) atoms. The molecule has 1 heterocycles. The zero-order valence-electron chi connectivity index (χ0n) is 8.47. The number of rotatable bonds is 3. The largest absolute Gasteiger partial charge is 0.508 e. The average molecular weight is 217 g/mol. The van der Waals surface area contributed by atoms with Crippen LogP contribution in [0.15, 0.2) is 36.7 Å². The lowest BCUT2D eigenvalue weighted by Crippen LogP contribution is -2.22. The van der Waals surface area contributed by atoms with E-state index < -0.39 is 0 Å². The van der Waals surface area contributed by atoms with Crippen LogP contribution in [0.25, 0.3) is 0 Å². The lowest BCUT2D eigenvalue weighted by molar-refractivity contribution is 0.0951. The number of carbonyl (C=O) groups excluding carboxylic acids is 1. The van der Waals surface area contributed by atoms with Gasteiger partial charge in [-0.1, -0.05) is 18.2 Å². The van der Waals surface area contributed by atoms with Crippen molar-refractivity contribution in [2.24, 2.45) is 0 Å². The van der Waals surface area contributed by atoms with Crippen LogP contribution >= 0.6 is 0 Å². The maximum Gasteiger partial charge on any atom is 0.254 e. The second kappa shape index (κ2) is 4.48. The lowest BCUT2D eigenvalue weighted by Gasteiger charge is -2.05. The quantitative estimate of drug-likeness (QED) is 0.719. The molecule has 0 saturated heterocycles. The maximum absolute atomic E-state index is 11.5. The predicted octanol–water partition coefficient (Wildman–Crippen LogP) is 1.05. The summed E-state index contributed by atoms with van der Waals surface area (Å²) in [5.74, 6) is -0.0491. The molecule has 0 aliphatic carbocycles. The molecule has 0 spiro atoms. The van der Waals surface area contributed by atoms with Crippen molar-refractivity contribution in [2.75, 3.05) is 0 Å². The monoisotopic (exact) mass is 217 g/mol. The second-order valence-corrected chi connectivity index (χ2v) is 3.30. The van der Waals surface area contributed by atoms with E-state index in [0.717, 1.165) is 0 Å². The molecule has 2 aromatic rings. The molecule has 82 valence electrons. The van der Waals surface area contributed by atoms with Crippen molar-refractivity contribution in [3.63, 3.8) is 0 Å². The molecule has 0 radical (unpaired) electrons. The van der Waals surface area contributed by atoms with E-state index in [9.17, 15) is 9.90 Å². The van der Waals surface area contributed by atoms with E-state index in [0.29, 0.717) is 11.1 Å². The fourth-order valence-corrected chi connectivity index (χ4v) is 1.31. The number of amides is 1. The Kier molecular flexibility index (Phi) is 2.86. The Morgan fingerprint density at radius 1 is 1.44 bits per heavy atom. The summed E-state index contributed by atoms with van der Waals surface area (Å²) < 4.78 is 0. The lowest BCUT2D eigenvalue weighted by atomic mass is 10.2. The van der Waals surface area contributed by atoms with Gasteiger partial charge in [-0.05, 0) is 6.07 Å². The summed E-state index contributed by atoms with van der Waals surface area (Å²) in [6.45, 7) is 0.288. The van der Waals surface area contributed by atoms with E-state index in [1.807, 2.05) is 0 Å². The van der Waals surface area contributed by atoms with E-state index in [1.165, 1.54) is 12.4 Å². The van der Waals surface area contributed by atoms with Crippen LogP contribution in [0.1, 0.15) is 15.9 Å². The Bertz CT molecular complexity index is 480. The van der Waals surface area contributed by atoms with Crippen molar-refractivity contribution in [2.45, 2.75) is 6.54 Å². The van der Waals surface area contributed by atoms with E-state index in [2.05, 4.69) is 15.5 Å². The van der Waals surface area contributed by atoms with Crippen LogP contribution in [-0.4, -0.2) is 21.2 Å². The van der Waals surface area contributed by atoms with Gasteiger partial charge in [0.15, 0.2) is 0 Å². The zero-order valence-corrected chi connectivity index (χ0v) is 8.47. The summed E-state index contributed by atoms with van der Waals surface area (Å²) in [6, 6.07) is 6.88. The Morgan fingerprint density at radius 2 is 2.25 bits per heavy atom. The number of benzene rings is 1. The molecule has 3 N–H and O–H groups in total. The topological polar surface area (TPSA) is 78.0 Å². The van der Waals surface area contributed by atoms with Crippen LogP contribution in [0.4, 0.5) is 0 Å². The van der Waals surface area contributed by atoms with Crippen LogP contribution in [0, 0.1) is 0 Å². The van der Waals surface area contributed by atoms with E-state index in [4.69, 9.17) is 0 Å². The van der Waals surface area contributed by atoms with Gasteiger partial charge in [-0.2, -0.15) is 5.10 Å². The summed E-state index contributed by atoms with van der Waals surface area (Å²) in [7, 11) is 0. The number of nitrogens with zero attached hydrogens (tertiary/aromatic N) is 1. The molecule has 0 unspecified atom stereocenters. The van der Waals surface area contributed by atoms with Crippen molar-refractivity contribution >= 4 is 5.91 Å². The first-order chi connectivity index (χ1) is 7.77. The van der Waals surface area contributed by atoms with Crippen molar-refractivity contribution in [1.29, 1.82) is 0 Å². The summed E-state index contributed by atoms with van der Waals surface area (Å²) in [6.07, 6.45) is 2.96.